The van der Waals surface area contributed by atoms with Gasteiger partial charge >= 0.3 is 0 Å². The maximum Gasteiger partial charge on any atom is 0.237 e. The number of carbonyl (C=O) groups is 1. The highest BCUT2D eigenvalue weighted by molar-refractivity contribution is 8.00. The smallest absolute Gasteiger partial charge is 0.237 e. The average molecular weight is 435 g/mol. The van der Waals surface area contributed by atoms with Gasteiger partial charge in [0, 0.05) is 11.1 Å². The quantitative estimate of drug-likeness (QED) is 0.358. The van der Waals surface area contributed by atoms with Crippen LogP contribution in [0.3, 0.4) is 0 Å². The van der Waals surface area contributed by atoms with Gasteiger partial charge in [-0.15, -0.1) is 0 Å². The number of hydrogen-bond donors (Lipinski definition) is 2. The van der Waals surface area contributed by atoms with Crippen LogP contribution in [0.25, 0.3) is 22.5 Å². The molecule has 0 aliphatic carbocycles. The number of halogens is 2. The normalized spacial score (nSPS) is 11.8. The Kier molecular flexibility index (Phi) is 6.13. The first-order chi connectivity index (χ1) is 15.0. The van der Waals surface area contributed by atoms with Crippen LogP contribution in [0.5, 0.6) is 0 Å². The maximum absolute atomic E-state index is 13.9. The van der Waals surface area contributed by atoms with Gasteiger partial charge in [0.2, 0.25) is 5.91 Å². The molecule has 3 aromatic carbocycles. The van der Waals surface area contributed by atoms with Crippen molar-refractivity contribution in [2.24, 2.45) is 0 Å². The highest BCUT2D eigenvalue weighted by Crippen LogP contribution is 2.34. The van der Waals surface area contributed by atoms with Crippen LogP contribution in [0.4, 0.5) is 14.5 Å². The van der Waals surface area contributed by atoms with Crippen molar-refractivity contribution < 1.29 is 13.6 Å². The largest absolute Gasteiger partial charge is 0.332 e. The van der Waals surface area contributed by atoms with Gasteiger partial charge in [-0.2, -0.15) is 0 Å². The Labute approximate surface area is 182 Å². The molecule has 31 heavy (non-hydrogen) atoms. The minimum atomic E-state index is -0.818. The number of aromatic nitrogens is 2. The Morgan fingerprint density at radius 3 is 2.10 bits per heavy atom. The standard InChI is InChI=1S/C24H19F2N3OS/c1-15(23(30)27-22-18(25)13-8-14-19(22)26)31-24-28-20(16-9-4-2-5-10-16)21(29-24)17-11-6-3-7-12-17/h2-15H,1H3,(H,27,30)(H,28,29)/t15-/m0/s1. The van der Waals surface area contributed by atoms with Crippen molar-refractivity contribution in [2.75, 3.05) is 5.32 Å². The second-order valence-corrected chi connectivity index (χ2v) is 8.17. The minimum Gasteiger partial charge on any atom is -0.332 e. The molecule has 0 unspecified atom stereocenters. The second kappa shape index (κ2) is 9.14. The average Bonchev–Trinajstić information content (AvgIpc) is 3.21. The third kappa shape index (κ3) is 4.67. The van der Waals surface area contributed by atoms with E-state index in [0.717, 1.165) is 34.6 Å². The fourth-order valence-corrected chi connectivity index (χ4v) is 3.89. The zero-order valence-corrected chi connectivity index (χ0v) is 17.4. The monoisotopic (exact) mass is 435 g/mol. The molecule has 156 valence electrons. The highest BCUT2D eigenvalue weighted by atomic mass is 32.2. The highest BCUT2D eigenvalue weighted by Gasteiger charge is 2.21. The summed E-state index contributed by atoms with van der Waals surface area (Å²) in [6, 6.07) is 23.0. The molecular formula is C24H19F2N3OS. The van der Waals surface area contributed by atoms with Gasteiger partial charge in [0.15, 0.2) is 5.16 Å². The van der Waals surface area contributed by atoms with Crippen LogP contribution in [-0.4, -0.2) is 21.1 Å². The summed E-state index contributed by atoms with van der Waals surface area (Å²) in [5.74, 6) is -2.16. The van der Waals surface area contributed by atoms with Crippen LogP contribution in [0, 0.1) is 11.6 Å². The molecule has 0 aliphatic rings. The van der Waals surface area contributed by atoms with Crippen molar-refractivity contribution in [3.8, 4) is 22.5 Å². The van der Waals surface area contributed by atoms with E-state index >= 15 is 0 Å². The molecule has 0 radical (unpaired) electrons. The third-order valence-electron chi connectivity index (χ3n) is 4.66. The molecule has 1 amide bonds. The molecular weight excluding hydrogens is 416 g/mol. The number of H-pyrrole nitrogens is 1. The zero-order chi connectivity index (χ0) is 21.8. The van der Waals surface area contributed by atoms with E-state index in [4.69, 9.17) is 4.98 Å². The molecule has 1 aromatic heterocycles. The second-order valence-electron chi connectivity index (χ2n) is 6.84. The Morgan fingerprint density at radius 2 is 1.48 bits per heavy atom. The summed E-state index contributed by atoms with van der Waals surface area (Å²) in [6.45, 7) is 1.66. The van der Waals surface area contributed by atoms with Crippen molar-refractivity contribution >= 4 is 23.4 Å². The van der Waals surface area contributed by atoms with E-state index in [1.54, 1.807) is 6.92 Å². The molecule has 7 heteroatoms. The number of hydrogen-bond acceptors (Lipinski definition) is 3. The summed E-state index contributed by atoms with van der Waals surface area (Å²) in [7, 11) is 0. The molecule has 0 fully saturated rings. The molecule has 4 nitrogen and oxygen atoms in total. The number of benzene rings is 3. The van der Waals surface area contributed by atoms with Gasteiger partial charge in [-0.1, -0.05) is 78.5 Å². The van der Waals surface area contributed by atoms with Gasteiger partial charge in [-0.05, 0) is 19.1 Å². The fourth-order valence-electron chi connectivity index (χ4n) is 3.09. The molecule has 0 bridgehead atoms. The van der Waals surface area contributed by atoms with Gasteiger partial charge in [0.05, 0.1) is 16.6 Å². The van der Waals surface area contributed by atoms with E-state index in [0.29, 0.717) is 5.16 Å². The van der Waals surface area contributed by atoms with Crippen molar-refractivity contribution in [2.45, 2.75) is 17.3 Å². The van der Waals surface area contributed by atoms with Crippen LogP contribution < -0.4 is 5.32 Å². The molecule has 0 spiro atoms. The first kappa shape index (κ1) is 20.8. The van der Waals surface area contributed by atoms with Crippen LogP contribution in [0.2, 0.25) is 0 Å². The minimum absolute atomic E-state index is 0.450. The first-order valence-corrected chi connectivity index (χ1v) is 10.5. The number of carbonyl (C=O) groups excluding carboxylic acids is 1. The Bertz CT molecular complexity index is 1120. The van der Waals surface area contributed by atoms with E-state index in [2.05, 4.69) is 10.3 Å². The van der Waals surface area contributed by atoms with E-state index in [-0.39, 0.29) is 0 Å². The number of nitrogens with one attached hydrogen (secondary N) is 2. The lowest BCUT2D eigenvalue weighted by Gasteiger charge is -2.11. The summed E-state index contributed by atoms with van der Waals surface area (Å²) in [4.78, 5) is 20.5. The summed E-state index contributed by atoms with van der Waals surface area (Å²) in [5, 5.41) is 2.23. The predicted octanol–water partition coefficient (Wildman–Crippen LogP) is 6.14. The van der Waals surface area contributed by atoms with E-state index in [1.807, 2.05) is 60.7 Å². The lowest BCUT2D eigenvalue weighted by molar-refractivity contribution is -0.115. The topological polar surface area (TPSA) is 57.8 Å². The number of rotatable bonds is 6. The van der Waals surface area contributed by atoms with Gasteiger partial charge in [0.25, 0.3) is 0 Å². The van der Waals surface area contributed by atoms with E-state index in [1.165, 1.54) is 17.8 Å². The summed E-state index contributed by atoms with van der Waals surface area (Å²) in [5.41, 5.74) is 3.06. The first-order valence-electron chi connectivity index (χ1n) is 9.65. The van der Waals surface area contributed by atoms with Crippen molar-refractivity contribution in [3.05, 3.63) is 90.5 Å². The molecule has 4 aromatic rings. The summed E-state index contributed by atoms with van der Waals surface area (Å²) < 4.78 is 27.7. The lowest BCUT2D eigenvalue weighted by Crippen LogP contribution is -2.23. The maximum atomic E-state index is 13.9. The van der Waals surface area contributed by atoms with Crippen molar-refractivity contribution in [1.29, 1.82) is 0 Å². The van der Waals surface area contributed by atoms with E-state index in [9.17, 15) is 13.6 Å². The van der Waals surface area contributed by atoms with Gasteiger partial charge < -0.3 is 10.3 Å². The van der Waals surface area contributed by atoms with Crippen LogP contribution in [0.15, 0.2) is 84.0 Å². The van der Waals surface area contributed by atoms with Gasteiger partial charge in [-0.3, -0.25) is 4.79 Å². The molecule has 1 atom stereocenters. The fraction of sp³-hybridized carbons (Fsp3) is 0.0833. The number of aromatic amines is 1. The number of thioether (sulfide) groups is 1. The van der Waals surface area contributed by atoms with Crippen molar-refractivity contribution in [3.63, 3.8) is 0 Å². The van der Waals surface area contributed by atoms with Crippen LogP contribution >= 0.6 is 11.8 Å². The van der Waals surface area contributed by atoms with Crippen LogP contribution in [0.1, 0.15) is 6.92 Å². The Hall–Kier alpha value is -3.45. The van der Waals surface area contributed by atoms with E-state index < -0.39 is 28.5 Å². The summed E-state index contributed by atoms with van der Waals surface area (Å²) in [6.07, 6.45) is 0. The predicted molar refractivity (Wildman–Crippen MR) is 120 cm³/mol. The Balaban J connectivity index is 1.60. The summed E-state index contributed by atoms with van der Waals surface area (Å²) >= 11 is 1.18. The molecule has 1 heterocycles. The number of nitrogens with zero attached hydrogens (tertiary/aromatic N) is 1. The number of amides is 1. The van der Waals surface area contributed by atoms with Gasteiger partial charge in [0.1, 0.15) is 17.3 Å². The molecule has 0 saturated heterocycles. The third-order valence-corrected chi connectivity index (χ3v) is 5.64. The van der Waals surface area contributed by atoms with Crippen LogP contribution in [-0.2, 0) is 4.79 Å². The molecule has 4 rings (SSSR count). The molecule has 0 aliphatic heterocycles. The zero-order valence-electron chi connectivity index (χ0n) is 16.6. The van der Waals surface area contributed by atoms with Gasteiger partial charge in [-0.25, -0.2) is 13.8 Å². The Morgan fingerprint density at radius 1 is 0.903 bits per heavy atom. The number of anilines is 1. The van der Waals surface area contributed by atoms with Crippen molar-refractivity contribution in [1.82, 2.24) is 9.97 Å². The molecule has 0 saturated carbocycles. The number of para-hydroxylation sites is 1. The lowest BCUT2D eigenvalue weighted by atomic mass is 10.1. The number of imidazole rings is 1. The molecule has 2 N–H and O–H groups in total. The SMILES string of the molecule is C[C@H](Sc1nc(-c2ccccc2)c(-c2ccccc2)[nH]1)C(=O)Nc1c(F)cccc1F.